The smallest absolute Gasteiger partial charge is 0.303 e. The number of hydrogen-bond donors (Lipinski definition) is 0. The maximum atomic E-state index is 12.8. The average Bonchev–Trinajstić information content (AvgIpc) is 2.36. The van der Waals surface area contributed by atoms with Crippen LogP contribution in [0.15, 0.2) is 30.6 Å². The molecule has 19 heavy (non-hydrogen) atoms. The van der Waals surface area contributed by atoms with Gasteiger partial charge in [0.1, 0.15) is 6.29 Å². The van der Waals surface area contributed by atoms with Gasteiger partial charge < -0.3 is 4.79 Å². The summed E-state index contributed by atoms with van der Waals surface area (Å²) in [6, 6.07) is 4.73. The van der Waals surface area contributed by atoms with Gasteiger partial charge in [0.2, 0.25) is 0 Å². The van der Waals surface area contributed by atoms with Gasteiger partial charge in [-0.1, -0.05) is 19.1 Å². The lowest BCUT2D eigenvalue weighted by Crippen LogP contribution is -2.06. The van der Waals surface area contributed by atoms with Crippen LogP contribution in [0.25, 0.3) is 10.8 Å². The van der Waals surface area contributed by atoms with Crippen LogP contribution in [0, 0.1) is 0 Å². The lowest BCUT2D eigenvalue weighted by Gasteiger charge is -2.12. The number of halogens is 3. The third-order valence-corrected chi connectivity index (χ3v) is 3.11. The van der Waals surface area contributed by atoms with Crippen LogP contribution in [0.5, 0.6) is 0 Å². The van der Waals surface area contributed by atoms with Crippen molar-refractivity contribution in [3.8, 4) is 0 Å². The molecule has 2 rings (SSSR count). The zero-order valence-corrected chi connectivity index (χ0v) is 10.2. The fourth-order valence-electron chi connectivity index (χ4n) is 2.01. The molecular formula is C14H12F3NO. The third kappa shape index (κ3) is 2.75. The lowest BCUT2D eigenvalue weighted by molar-refractivity contribution is -0.136. The van der Waals surface area contributed by atoms with E-state index in [2.05, 4.69) is 4.98 Å². The zero-order chi connectivity index (χ0) is 14.0. The van der Waals surface area contributed by atoms with Crippen LogP contribution >= 0.6 is 0 Å². The van der Waals surface area contributed by atoms with Crippen LogP contribution in [0.3, 0.4) is 0 Å². The first kappa shape index (κ1) is 13.5. The number of rotatable bonds is 3. The van der Waals surface area contributed by atoms with Gasteiger partial charge in [0.15, 0.2) is 0 Å². The first-order valence-electron chi connectivity index (χ1n) is 5.82. The Balaban J connectivity index is 2.54. The van der Waals surface area contributed by atoms with Crippen LogP contribution in [-0.4, -0.2) is 11.3 Å². The summed E-state index contributed by atoms with van der Waals surface area (Å²) < 4.78 is 38.4. The summed E-state index contributed by atoms with van der Waals surface area (Å²) >= 11 is 0. The molecule has 0 radical (unpaired) electrons. The minimum atomic E-state index is -4.41. The van der Waals surface area contributed by atoms with Gasteiger partial charge in [-0.15, -0.1) is 0 Å². The number of aromatic nitrogens is 1. The SMILES string of the molecule is CC(CC=O)c1ccc2c(C(F)(F)F)cncc2c1. The van der Waals surface area contributed by atoms with Crippen LogP contribution in [0.2, 0.25) is 0 Å². The first-order valence-corrected chi connectivity index (χ1v) is 5.82. The number of alkyl halides is 3. The minimum absolute atomic E-state index is 0.0172. The quantitative estimate of drug-likeness (QED) is 0.788. The molecule has 0 spiro atoms. The third-order valence-electron chi connectivity index (χ3n) is 3.11. The molecule has 0 amide bonds. The molecule has 1 atom stereocenters. The molecule has 0 saturated heterocycles. The normalized spacial score (nSPS) is 13.5. The second-order valence-electron chi connectivity index (χ2n) is 4.47. The van der Waals surface area contributed by atoms with E-state index in [0.717, 1.165) is 18.0 Å². The van der Waals surface area contributed by atoms with E-state index in [1.54, 1.807) is 12.1 Å². The number of carbonyl (C=O) groups excluding carboxylic acids is 1. The summed E-state index contributed by atoms with van der Waals surface area (Å²) in [6.07, 6.45) is -1.03. The molecule has 0 bridgehead atoms. The molecule has 2 nitrogen and oxygen atoms in total. The van der Waals surface area contributed by atoms with Gasteiger partial charge in [0.25, 0.3) is 0 Å². The van der Waals surface area contributed by atoms with Crippen LogP contribution < -0.4 is 0 Å². The number of benzene rings is 1. The highest BCUT2D eigenvalue weighted by Gasteiger charge is 2.32. The van der Waals surface area contributed by atoms with E-state index in [9.17, 15) is 18.0 Å². The van der Waals surface area contributed by atoms with Crippen molar-refractivity contribution in [1.29, 1.82) is 0 Å². The summed E-state index contributed by atoms with van der Waals surface area (Å²) in [5, 5.41) is 0.564. The van der Waals surface area contributed by atoms with Crippen LogP contribution in [0.1, 0.15) is 30.4 Å². The highest BCUT2D eigenvalue weighted by Crippen LogP contribution is 2.35. The number of aldehydes is 1. The van der Waals surface area contributed by atoms with E-state index in [1.807, 2.05) is 6.92 Å². The van der Waals surface area contributed by atoms with Gasteiger partial charge in [0, 0.05) is 24.2 Å². The second kappa shape index (κ2) is 4.99. The van der Waals surface area contributed by atoms with E-state index in [0.29, 0.717) is 11.8 Å². The standard InChI is InChI=1S/C14H12F3NO/c1-9(4-5-19)10-2-3-12-11(6-10)7-18-8-13(12)14(15,16)17/h2-3,5-9H,4H2,1H3. The molecule has 2 aromatic rings. The fourth-order valence-corrected chi connectivity index (χ4v) is 2.01. The fraction of sp³-hybridized carbons (Fsp3) is 0.286. The van der Waals surface area contributed by atoms with Gasteiger partial charge in [-0.3, -0.25) is 4.98 Å². The van der Waals surface area contributed by atoms with Crippen molar-refractivity contribution in [2.75, 3.05) is 0 Å². The van der Waals surface area contributed by atoms with Gasteiger partial charge in [-0.2, -0.15) is 13.2 Å². The number of nitrogens with zero attached hydrogens (tertiary/aromatic N) is 1. The molecule has 0 N–H and O–H groups in total. The molecule has 1 heterocycles. The summed E-state index contributed by atoms with van der Waals surface area (Å²) in [5.74, 6) is -0.0172. The Morgan fingerprint density at radius 2 is 2.05 bits per heavy atom. The van der Waals surface area contributed by atoms with Crippen molar-refractivity contribution < 1.29 is 18.0 Å². The van der Waals surface area contributed by atoms with Crippen molar-refractivity contribution >= 4 is 17.1 Å². The van der Waals surface area contributed by atoms with E-state index in [4.69, 9.17) is 0 Å². The summed E-state index contributed by atoms with van der Waals surface area (Å²) in [6.45, 7) is 1.86. The van der Waals surface area contributed by atoms with Crippen LogP contribution in [-0.2, 0) is 11.0 Å². The monoisotopic (exact) mass is 267 g/mol. The van der Waals surface area contributed by atoms with Gasteiger partial charge >= 0.3 is 6.18 Å². The first-order chi connectivity index (χ1) is 8.93. The number of pyridine rings is 1. The molecule has 5 heteroatoms. The van der Waals surface area contributed by atoms with E-state index < -0.39 is 11.7 Å². The molecule has 100 valence electrons. The Morgan fingerprint density at radius 1 is 1.32 bits per heavy atom. The maximum Gasteiger partial charge on any atom is 0.418 e. The lowest BCUT2D eigenvalue weighted by atomic mass is 9.95. The number of fused-ring (bicyclic) bond motifs is 1. The Hall–Kier alpha value is -1.91. The molecule has 1 aromatic heterocycles. The Kier molecular flexibility index (Phi) is 3.55. The van der Waals surface area contributed by atoms with Crippen molar-refractivity contribution in [2.24, 2.45) is 0 Å². The van der Waals surface area contributed by atoms with E-state index >= 15 is 0 Å². The van der Waals surface area contributed by atoms with Gasteiger partial charge in [0.05, 0.1) is 5.56 Å². The predicted octanol–water partition coefficient (Wildman–Crippen LogP) is 3.95. The number of hydrogen-bond acceptors (Lipinski definition) is 2. The van der Waals surface area contributed by atoms with Crippen LogP contribution in [0.4, 0.5) is 13.2 Å². The van der Waals surface area contributed by atoms with Crippen molar-refractivity contribution in [1.82, 2.24) is 4.98 Å². The predicted molar refractivity (Wildman–Crippen MR) is 65.8 cm³/mol. The molecule has 1 unspecified atom stereocenters. The van der Waals surface area contributed by atoms with E-state index in [1.165, 1.54) is 12.3 Å². The summed E-state index contributed by atoms with van der Waals surface area (Å²) in [7, 11) is 0. The number of carbonyl (C=O) groups is 1. The molecule has 0 aliphatic rings. The highest BCUT2D eigenvalue weighted by molar-refractivity contribution is 5.86. The Morgan fingerprint density at radius 3 is 2.68 bits per heavy atom. The molecule has 1 aromatic carbocycles. The molecular weight excluding hydrogens is 255 g/mol. The Bertz CT molecular complexity index is 607. The molecule has 0 aliphatic carbocycles. The average molecular weight is 267 g/mol. The Labute approximate surface area is 108 Å². The molecule has 0 fully saturated rings. The molecule has 0 aliphatic heterocycles. The van der Waals surface area contributed by atoms with Gasteiger partial charge in [-0.25, -0.2) is 0 Å². The van der Waals surface area contributed by atoms with Crippen molar-refractivity contribution in [3.63, 3.8) is 0 Å². The topological polar surface area (TPSA) is 30.0 Å². The second-order valence-corrected chi connectivity index (χ2v) is 4.47. The minimum Gasteiger partial charge on any atom is -0.303 e. The largest absolute Gasteiger partial charge is 0.418 e. The summed E-state index contributed by atoms with van der Waals surface area (Å²) in [5.41, 5.74) is 0.0975. The van der Waals surface area contributed by atoms with Crippen molar-refractivity contribution in [3.05, 3.63) is 41.7 Å². The highest BCUT2D eigenvalue weighted by atomic mass is 19.4. The van der Waals surface area contributed by atoms with Crippen molar-refractivity contribution in [2.45, 2.75) is 25.4 Å². The summed E-state index contributed by atoms with van der Waals surface area (Å²) in [4.78, 5) is 14.1. The van der Waals surface area contributed by atoms with E-state index in [-0.39, 0.29) is 11.3 Å². The molecule has 0 saturated carbocycles. The van der Waals surface area contributed by atoms with Gasteiger partial charge in [-0.05, 0) is 22.9 Å². The zero-order valence-electron chi connectivity index (χ0n) is 10.2. The maximum absolute atomic E-state index is 12.8.